The van der Waals surface area contributed by atoms with Crippen LogP contribution in [-0.2, 0) is 4.79 Å². The molecule has 1 fully saturated rings. The fourth-order valence-electron chi connectivity index (χ4n) is 4.42. The van der Waals surface area contributed by atoms with E-state index in [1.165, 1.54) is 7.05 Å². The summed E-state index contributed by atoms with van der Waals surface area (Å²) in [6, 6.07) is 10.1. The SMILES string of the molecule is CCN(CC)C(C)CNC(=O)c1cc(-c2cnn3ccc(-c4cccs4)nc23)nc(N2CCC2)c1.CN(O)C=O. The predicted molar refractivity (Wildman–Crippen MR) is 157 cm³/mol. The Morgan fingerprint density at radius 1 is 1.20 bits per heavy atom. The second kappa shape index (κ2) is 13.5. The monoisotopic (exact) mass is 564 g/mol. The van der Waals surface area contributed by atoms with Crippen LogP contribution in [0, 0.1) is 0 Å². The molecule has 0 radical (unpaired) electrons. The van der Waals surface area contributed by atoms with Gasteiger partial charge in [0.25, 0.3) is 5.91 Å². The van der Waals surface area contributed by atoms with Gasteiger partial charge in [0, 0.05) is 44.5 Å². The highest BCUT2D eigenvalue weighted by molar-refractivity contribution is 7.13. The second-order valence-electron chi connectivity index (χ2n) is 9.52. The van der Waals surface area contributed by atoms with Crippen LogP contribution in [0.5, 0.6) is 0 Å². The number of hydrogen-bond acceptors (Lipinski definition) is 9. The van der Waals surface area contributed by atoms with E-state index in [1.807, 2.05) is 35.8 Å². The van der Waals surface area contributed by atoms with E-state index in [1.54, 1.807) is 22.0 Å². The molecule has 1 unspecified atom stereocenters. The van der Waals surface area contributed by atoms with Gasteiger partial charge in [0.1, 0.15) is 5.82 Å². The summed E-state index contributed by atoms with van der Waals surface area (Å²) in [4.78, 5) is 37.8. The molecule has 11 nitrogen and oxygen atoms in total. The minimum absolute atomic E-state index is 0.0851. The predicted octanol–water partition coefficient (Wildman–Crippen LogP) is 3.65. The maximum absolute atomic E-state index is 13.2. The number of likely N-dealkylation sites (N-methyl/N-ethyl adjacent to an activating group) is 1. The summed E-state index contributed by atoms with van der Waals surface area (Å²) in [6.07, 6.45) is 5.15. The number of fused-ring (bicyclic) bond motifs is 1. The van der Waals surface area contributed by atoms with Gasteiger partial charge >= 0.3 is 0 Å². The minimum atomic E-state index is -0.0851. The quantitative estimate of drug-likeness (QED) is 0.170. The number of aromatic nitrogens is 4. The number of nitrogens with one attached hydrogen (secondary N) is 1. The van der Waals surface area contributed by atoms with Crippen molar-refractivity contribution >= 4 is 35.1 Å². The first kappa shape index (κ1) is 29.1. The van der Waals surface area contributed by atoms with Crippen molar-refractivity contribution in [3.05, 3.63) is 53.7 Å². The summed E-state index contributed by atoms with van der Waals surface area (Å²) in [5, 5.41) is 17.9. The molecule has 2 amide bonds. The topological polar surface area (TPSA) is 119 Å². The van der Waals surface area contributed by atoms with E-state index in [0.29, 0.717) is 29.3 Å². The number of rotatable bonds is 10. The number of nitrogens with zero attached hydrogens (tertiary/aromatic N) is 7. The Kier molecular flexibility index (Phi) is 9.80. The fraction of sp³-hybridized carbons (Fsp3) is 0.393. The van der Waals surface area contributed by atoms with Gasteiger partial charge in [-0.25, -0.2) is 19.5 Å². The van der Waals surface area contributed by atoms with Crippen molar-refractivity contribution in [2.75, 3.05) is 44.7 Å². The van der Waals surface area contributed by atoms with Crippen LogP contribution in [0.15, 0.2) is 48.1 Å². The summed E-state index contributed by atoms with van der Waals surface area (Å²) in [5.41, 5.74) is 3.76. The molecular formula is C28H36N8O3S. The summed E-state index contributed by atoms with van der Waals surface area (Å²) in [7, 11) is 1.24. The zero-order chi connectivity index (χ0) is 28.6. The van der Waals surface area contributed by atoms with Crippen LogP contribution in [0.3, 0.4) is 0 Å². The average molecular weight is 565 g/mol. The molecule has 1 atom stereocenters. The molecule has 12 heteroatoms. The van der Waals surface area contributed by atoms with Gasteiger partial charge < -0.3 is 10.2 Å². The zero-order valence-corrected chi connectivity index (χ0v) is 24.1. The Morgan fingerprint density at radius 2 is 1.95 bits per heavy atom. The van der Waals surface area contributed by atoms with Crippen molar-refractivity contribution in [2.24, 2.45) is 0 Å². The van der Waals surface area contributed by atoms with Gasteiger partial charge in [0.2, 0.25) is 6.41 Å². The van der Waals surface area contributed by atoms with Gasteiger partial charge in [0.05, 0.1) is 28.0 Å². The highest BCUT2D eigenvalue weighted by Gasteiger charge is 2.22. The van der Waals surface area contributed by atoms with E-state index < -0.39 is 0 Å². The number of pyridine rings is 1. The molecule has 4 aromatic rings. The first-order valence-corrected chi connectivity index (χ1v) is 14.3. The second-order valence-corrected chi connectivity index (χ2v) is 10.5. The Bertz CT molecular complexity index is 1410. The van der Waals surface area contributed by atoms with Crippen LogP contribution < -0.4 is 10.2 Å². The maximum atomic E-state index is 13.2. The van der Waals surface area contributed by atoms with E-state index in [-0.39, 0.29) is 11.9 Å². The van der Waals surface area contributed by atoms with Gasteiger partial charge in [-0.2, -0.15) is 5.10 Å². The maximum Gasteiger partial charge on any atom is 0.251 e. The highest BCUT2D eigenvalue weighted by Crippen LogP contribution is 2.30. The molecule has 4 aromatic heterocycles. The Hall–Kier alpha value is -3.87. The molecular weight excluding hydrogens is 528 g/mol. The third-order valence-electron chi connectivity index (χ3n) is 6.82. The Balaban J connectivity index is 0.000000681. The van der Waals surface area contributed by atoms with Crippen molar-refractivity contribution in [2.45, 2.75) is 33.2 Å². The largest absolute Gasteiger partial charge is 0.356 e. The van der Waals surface area contributed by atoms with Crippen LogP contribution in [0.4, 0.5) is 5.82 Å². The van der Waals surface area contributed by atoms with E-state index in [0.717, 1.165) is 60.2 Å². The number of amides is 2. The fourth-order valence-corrected chi connectivity index (χ4v) is 5.12. The number of carbonyl (C=O) groups excluding carboxylic acids is 2. The summed E-state index contributed by atoms with van der Waals surface area (Å²) in [5.74, 6) is 0.739. The molecule has 0 bridgehead atoms. The lowest BCUT2D eigenvalue weighted by Gasteiger charge is -2.32. The van der Waals surface area contributed by atoms with Crippen molar-refractivity contribution in [1.29, 1.82) is 0 Å². The lowest BCUT2D eigenvalue weighted by atomic mass is 10.1. The van der Waals surface area contributed by atoms with Crippen LogP contribution in [0.25, 0.3) is 27.5 Å². The van der Waals surface area contributed by atoms with E-state index in [9.17, 15) is 9.59 Å². The smallest absolute Gasteiger partial charge is 0.251 e. The minimum Gasteiger partial charge on any atom is -0.356 e. The first-order valence-electron chi connectivity index (χ1n) is 13.4. The van der Waals surface area contributed by atoms with Crippen LogP contribution in [0.1, 0.15) is 37.6 Å². The number of hydrogen-bond donors (Lipinski definition) is 2. The molecule has 2 N–H and O–H groups in total. The van der Waals surface area contributed by atoms with E-state index >= 15 is 0 Å². The molecule has 5 rings (SSSR count). The normalized spacial score (nSPS) is 13.4. The van der Waals surface area contributed by atoms with Gasteiger partial charge in [-0.05, 0) is 56.1 Å². The van der Waals surface area contributed by atoms with E-state index in [4.69, 9.17) is 15.2 Å². The average Bonchev–Trinajstić information content (AvgIpc) is 3.62. The molecule has 0 aliphatic carbocycles. The Morgan fingerprint density at radius 3 is 2.55 bits per heavy atom. The summed E-state index contributed by atoms with van der Waals surface area (Å²) in [6.45, 7) is 10.8. The lowest BCUT2D eigenvalue weighted by molar-refractivity contribution is -0.143. The molecule has 0 saturated carbocycles. The lowest BCUT2D eigenvalue weighted by Crippen LogP contribution is -2.42. The van der Waals surface area contributed by atoms with Gasteiger partial charge in [-0.1, -0.05) is 19.9 Å². The molecule has 40 heavy (non-hydrogen) atoms. The van der Waals surface area contributed by atoms with Gasteiger partial charge in [0.15, 0.2) is 5.65 Å². The van der Waals surface area contributed by atoms with Crippen molar-refractivity contribution in [3.63, 3.8) is 0 Å². The number of hydroxylamine groups is 2. The summed E-state index contributed by atoms with van der Waals surface area (Å²) >= 11 is 1.65. The number of thiophene rings is 1. The third kappa shape index (κ3) is 6.82. The molecule has 1 aliphatic rings. The van der Waals surface area contributed by atoms with Crippen LogP contribution in [-0.4, -0.2) is 92.9 Å². The Labute approximate surface area is 238 Å². The van der Waals surface area contributed by atoms with Crippen LogP contribution in [0.2, 0.25) is 0 Å². The van der Waals surface area contributed by atoms with E-state index in [2.05, 4.69) is 47.1 Å². The van der Waals surface area contributed by atoms with Crippen molar-refractivity contribution < 1.29 is 14.8 Å². The van der Waals surface area contributed by atoms with Crippen LogP contribution >= 0.6 is 11.3 Å². The molecule has 1 aliphatic heterocycles. The molecule has 5 heterocycles. The van der Waals surface area contributed by atoms with Gasteiger partial charge in [-0.3, -0.25) is 19.7 Å². The first-order chi connectivity index (χ1) is 19.3. The standard InChI is InChI=1S/C26H31N7OS.C2H5NO2/c1-4-31(5-2)18(3)16-27-26(34)19-14-22(29-24(15-19)32-10-7-11-32)20-17-28-33-12-9-21(30-25(20)33)23-8-6-13-35-23;1-3(5)2-4/h6,8-9,12-15,17-18H,4-5,7,10-11,16H2,1-3H3,(H,27,34);2,5H,1H3. The molecule has 1 saturated heterocycles. The third-order valence-corrected chi connectivity index (χ3v) is 7.71. The zero-order valence-electron chi connectivity index (χ0n) is 23.3. The number of carbonyl (C=O) groups is 2. The van der Waals surface area contributed by atoms with Crippen molar-refractivity contribution in [3.8, 4) is 21.8 Å². The molecule has 0 spiro atoms. The molecule has 212 valence electrons. The summed E-state index contributed by atoms with van der Waals surface area (Å²) < 4.78 is 1.76. The molecule has 0 aromatic carbocycles. The highest BCUT2D eigenvalue weighted by atomic mass is 32.1. The van der Waals surface area contributed by atoms with Gasteiger partial charge in [-0.15, -0.1) is 11.3 Å². The van der Waals surface area contributed by atoms with Crippen molar-refractivity contribution in [1.82, 2.24) is 34.9 Å². The number of anilines is 1.